The van der Waals surface area contributed by atoms with Crippen LogP contribution in [0, 0.1) is 0 Å². The van der Waals surface area contributed by atoms with Gasteiger partial charge in [-0.15, -0.1) is 0 Å². The predicted octanol–water partition coefficient (Wildman–Crippen LogP) is -0.470. The van der Waals surface area contributed by atoms with E-state index >= 15 is 0 Å². The first kappa shape index (κ1) is 14.2. The third kappa shape index (κ3) is 5.46. The summed E-state index contributed by atoms with van der Waals surface area (Å²) in [5, 5.41) is 13.3. The van der Waals surface area contributed by atoms with Crippen LogP contribution in [-0.2, 0) is 11.3 Å². The van der Waals surface area contributed by atoms with Crippen LogP contribution in [0.15, 0.2) is 22.8 Å². The van der Waals surface area contributed by atoms with Gasteiger partial charge in [0.25, 0.3) is 0 Å². The van der Waals surface area contributed by atoms with Crippen molar-refractivity contribution in [1.82, 2.24) is 15.5 Å². The standard InChI is InChI=1S/C11H17N3O4/c1-14(4-5-15)8-10(16)13-11(17)12-7-9-3-2-6-18-9/h2-3,6,15H,4-5,7-8H2,1H3,(H2,12,13,16,17). The van der Waals surface area contributed by atoms with Gasteiger partial charge in [0.2, 0.25) is 5.91 Å². The van der Waals surface area contributed by atoms with Gasteiger partial charge in [-0.2, -0.15) is 0 Å². The Labute approximate surface area is 105 Å². The molecule has 100 valence electrons. The second-order valence-corrected chi connectivity index (χ2v) is 3.77. The lowest BCUT2D eigenvalue weighted by atomic mass is 10.4. The summed E-state index contributed by atoms with van der Waals surface area (Å²) in [5.74, 6) is 0.179. The summed E-state index contributed by atoms with van der Waals surface area (Å²) in [7, 11) is 1.68. The molecular weight excluding hydrogens is 238 g/mol. The quantitative estimate of drug-likeness (QED) is 0.639. The van der Waals surface area contributed by atoms with E-state index in [1.807, 2.05) is 0 Å². The van der Waals surface area contributed by atoms with Crippen LogP contribution in [0.3, 0.4) is 0 Å². The average molecular weight is 255 g/mol. The van der Waals surface area contributed by atoms with Gasteiger partial charge in [0.05, 0.1) is 26.0 Å². The van der Waals surface area contributed by atoms with Crippen molar-refractivity contribution in [2.45, 2.75) is 6.54 Å². The van der Waals surface area contributed by atoms with Crippen molar-refractivity contribution in [3.8, 4) is 0 Å². The zero-order chi connectivity index (χ0) is 13.4. The largest absolute Gasteiger partial charge is 0.467 e. The third-order valence-corrected chi connectivity index (χ3v) is 2.15. The van der Waals surface area contributed by atoms with E-state index in [1.165, 1.54) is 6.26 Å². The Morgan fingerprint density at radius 2 is 2.28 bits per heavy atom. The number of imide groups is 1. The molecule has 3 N–H and O–H groups in total. The summed E-state index contributed by atoms with van der Waals surface area (Å²) < 4.78 is 5.02. The van der Waals surface area contributed by atoms with Crippen molar-refractivity contribution >= 4 is 11.9 Å². The molecule has 0 saturated heterocycles. The smallest absolute Gasteiger partial charge is 0.321 e. The lowest BCUT2D eigenvalue weighted by molar-refractivity contribution is -0.120. The molecule has 0 saturated carbocycles. The first-order chi connectivity index (χ1) is 8.61. The maximum atomic E-state index is 11.4. The van der Waals surface area contributed by atoms with E-state index < -0.39 is 11.9 Å². The predicted molar refractivity (Wildman–Crippen MR) is 63.7 cm³/mol. The van der Waals surface area contributed by atoms with Crippen molar-refractivity contribution in [1.29, 1.82) is 0 Å². The molecule has 0 aromatic carbocycles. The first-order valence-electron chi connectivity index (χ1n) is 5.51. The minimum Gasteiger partial charge on any atom is -0.467 e. The number of rotatable bonds is 6. The van der Waals surface area contributed by atoms with Gasteiger partial charge in [0.1, 0.15) is 5.76 Å². The van der Waals surface area contributed by atoms with Crippen LogP contribution >= 0.6 is 0 Å². The van der Waals surface area contributed by atoms with Crippen molar-refractivity contribution in [2.24, 2.45) is 0 Å². The summed E-state index contributed by atoms with van der Waals surface area (Å²) in [5.41, 5.74) is 0. The van der Waals surface area contributed by atoms with Crippen molar-refractivity contribution < 1.29 is 19.1 Å². The molecule has 0 bridgehead atoms. The van der Waals surface area contributed by atoms with Gasteiger partial charge in [-0.05, 0) is 19.2 Å². The van der Waals surface area contributed by atoms with Crippen LogP contribution in [0.1, 0.15) is 5.76 Å². The Kier molecular flexibility index (Phi) is 5.89. The van der Waals surface area contributed by atoms with E-state index in [4.69, 9.17) is 9.52 Å². The van der Waals surface area contributed by atoms with Gasteiger partial charge in [-0.3, -0.25) is 15.0 Å². The average Bonchev–Trinajstić information content (AvgIpc) is 2.79. The molecule has 0 atom stereocenters. The number of hydrogen-bond donors (Lipinski definition) is 3. The van der Waals surface area contributed by atoms with E-state index in [0.29, 0.717) is 12.3 Å². The number of nitrogens with zero attached hydrogens (tertiary/aromatic N) is 1. The van der Waals surface area contributed by atoms with Gasteiger partial charge in [0, 0.05) is 6.54 Å². The molecule has 7 nitrogen and oxygen atoms in total. The summed E-state index contributed by atoms with van der Waals surface area (Å²) >= 11 is 0. The van der Waals surface area contributed by atoms with Crippen LogP contribution in [-0.4, -0.2) is 48.7 Å². The molecule has 0 fully saturated rings. The fourth-order valence-corrected chi connectivity index (χ4v) is 1.29. The topological polar surface area (TPSA) is 94.8 Å². The molecule has 7 heteroatoms. The summed E-state index contributed by atoms with van der Waals surface area (Å²) in [6, 6.07) is 2.86. The van der Waals surface area contributed by atoms with E-state index in [2.05, 4.69) is 10.6 Å². The van der Waals surface area contributed by atoms with Crippen molar-refractivity contribution in [3.05, 3.63) is 24.2 Å². The number of likely N-dealkylation sites (N-methyl/N-ethyl adjacent to an activating group) is 1. The number of carbonyl (C=O) groups is 2. The Bertz CT molecular complexity index is 378. The highest BCUT2D eigenvalue weighted by molar-refractivity contribution is 5.95. The Morgan fingerprint density at radius 1 is 1.50 bits per heavy atom. The van der Waals surface area contributed by atoms with Crippen LogP contribution in [0.5, 0.6) is 0 Å². The molecule has 3 amide bonds. The Balaban J connectivity index is 2.21. The molecule has 0 aliphatic carbocycles. The van der Waals surface area contributed by atoms with Crippen LogP contribution < -0.4 is 10.6 Å². The lowest BCUT2D eigenvalue weighted by Crippen LogP contribution is -2.43. The molecule has 0 aliphatic rings. The fraction of sp³-hybridized carbons (Fsp3) is 0.455. The van der Waals surface area contributed by atoms with E-state index in [0.717, 1.165) is 0 Å². The number of hydrogen-bond acceptors (Lipinski definition) is 5. The zero-order valence-corrected chi connectivity index (χ0v) is 10.2. The van der Waals surface area contributed by atoms with E-state index in [9.17, 15) is 9.59 Å². The maximum absolute atomic E-state index is 11.4. The van der Waals surface area contributed by atoms with Gasteiger partial charge in [-0.1, -0.05) is 0 Å². The molecule has 1 rings (SSSR count). The molecule has 1 heterocycles. The van der Waals surface area contributed by atoms with Crippen molar-refractivity contribution in [2.75, 3.05) is 26.7 Å². The molecule has 1 aromatic rings. The Morgan fingerprint density at radius 3 is 2.89 bits per heavy atom. The molecule has 18 heavy (non-hydrogen) atoms. The summed E-state index contributed by atoms with van der Waals surface area (Å²) in [6.07, 6.45) is 1.50. The number of aliphatic hydroxyl groups excluding tert-OH is 1. The zero-order valence-electron chi connectivity index (χ0n) is 10.2. The normalized spacial score (nSPS) is 10.4. The number of urea groups is 1. The van der Waals surface area contributed by atoms with Crippen molar-refractivity contribution in [3.63, 3.8) is 0 Å². The van der Waals surface area contributed by atoms with Gasteiger partial charge in [0.15, 0.2) is 0 Å². The second-order valence-electron chi connectivity index (χ2n) is 3.77. The highest BCUT2D eigenvalue weighted by atomic mass is 16.3. The Hall–Kier alpha value is -1.86. The number of aliphatic hydroxyl groups is 1. The van der Waals surface area contributed by atoms with Gasteiger partial charge >= 0.3 is 6.03 Å². The first-order valence-corrected chi connectivity index (χ1v) is 5.51. The van der Waals surface area contributed by atoms with Crippen LogP contribution in [0.4, 0.5) is 4.79 Å². The molecule has 0 radical (unpaired) electrons. The second kappa shape index (κ2) is 7.46. The van der Waals surface area contributed by atoms with Gasteiger partial charge in [-0.25, -0.2) is 4.79 Å². The fourth-order valence-electron chi connectivity index (χ4n) is 1.29. The molecule has 0 unspecified atom stereocenters. The number of carbonyl (C=O) groups excluding carboxylic acids is 2. The van der Waals surface area contributed by atoms with E-state index in [1.54, 1.807) is 24.1 Å². The maximum Gasteiger partial charge on any atom is 0.321 e. The number of furan rings is 1. The number of nitrogens with one attached hydrogen (secondary N) is 2. The SMILES string of the molecule is CN(CCO)CC(=O)NC(=O)NCc1ccco1. The van der Waals surface area contributed by atoms with Crippen LogP contribution in [0.2, 0.25) is 0 Å². The highest BCUT2D eigenvalue weighted by Gasteiger charge is 2.10. The summed E-state index contributed by atoms with van der Waals surface area (Å²) in [4.78, 5) is 24.3. The minimum absolute atomic E-state index is 0.0333. The third-order valence-electron chi connectivity index (χ3n) is 2.15. The monoisotopic (exact) mass is 255 g/mol. The van der Waals surface area contributed by atoms with Crippen LogP contribution in [0.25, 0.3) is 0 Å². The molecule has 0 spiro atoms. The molecule has 0 aliphatic heterocycles. The summed E-state index contributed by atoms with van der Waals surface area (Å²) in [6.45, 7) is 0.614. The van der Waals surface area contributed by atoms with E-state index in [-0.39, 0.29) is 19.7 Å². The molecule has 1 aromatic heterocycles. The lowest BCUT2D eigenvalue weighted by Gasteiger charge is -2.14. The van der Waals surface area contributed by atoms with Gasteiger partial charge < -0.3 is 14.8 Å². The number of amides is 3. The molecular formula is C11H17N3O4. The highest BCUT2D eigenvalue weighted by Crippen LogP contribution is 1.97. The minimum atomic E-state index is -0.575.